The maximum Gasteiger partial charge on any atom is 0.322 e. The third-order valence-electron chi connectivity index (χ3n) is 5.12. The number of benzene rings is 1. The summed E-state index contributed by atoms with van der Waals surface area (Å²) in [6.07, 6.45) is 6.43. The number of anilines is 1. The van der Waals surface area contributed by atoms with Crippen molar-refractivity contribution < 1.29 is 14.6 Å². The molecule has 1 aliphatic heterocycles. The molecule has 0 spiro atoms. The number of aliphatic hydroxyl groups is 1. The van der Waals surface area contributed by atoms with Gasteiger partial charge in [0.05, 0.1) is 13.2 Å². The standard InChI is InChI=1S/C18H26N2O3/c1-23-16-9-7-14(8-10-16)19-18(22)20-12-15(21)11-17(20)13-5-3-2-4-6-13/h7-10,13,15,17,21H,2-6,11-12H2,1H3,(H,19,22)/t15-,17-/m0/s1. The van der Waals surface area contributed by atoms with E-state index in [1.54, 1.807) is 7.11 Å². The number of urea groups is 1. The van der Waals surface area contributed by atoms with E-state index in [9.17, 15) is 9.90 Å². The van der Waals surface area contributed by atoms with Gasteiger partial charge in [-0.15, -0.1) is 0 Å². The molecule has 1 saturated heterocycles. The number of likely N-dealkylation sites (tertiary alicyclic amines) is 1. The van der Waals surface area contributed by atoms with Gasteiger partial charge in [-0.3, -0.25) is 0 Å². The lowest BCUT2D eigenvalue weighted by molar-refractivity contribution is 0.164. The Morgan fingerprint density at radius 1 is 1.22 bits per heavy atom. The monoisotopic (exact) mass is 318 g/mol. The predicted molar refractivity (Wildman–Crippen MR) is 89.7 cm³/mol. The molecule has 1 aromatic carbocycles. The number of ether oxygens (including phenoxy) is 1. The number of aliphatic hydroxyl groups excluding tert-OH is 1. The molecule has 5 heteroatoms. The van der Waals surface area contributed by atoms with Crippen LogP contribution in [0.4, 0.5) is 10.5 Å². The highest BCUT2D eigenvalue weighted by atomic mass is 16.5. The van der Waals surface area contributed by atoms with Crippen molar-refractivity contribution >= 4 is 11.7 Å². The fraction of sp³-hybridized carbons (Fsp3) is 0.611. The van der Waals surface area contributed by atoms with Gasteiger partial charge in [-0.25, -0.2) is 4.79 Å². The number of amides is 2. The molecule has 2 atom stereocenters. The van der Waals surface area contributed by atoms with E-state index in [4.69, 9.17) is 4.74 Å². The molecule has 2 N–H and O–H groups in total. The lowest BCUT2D eigenvalue weighted by atomic mass is 9.83. The van der Waals surface area contributed by atoms with Gasteiger partial charge in [-0.1, -0.05) is 19.3 Å². The van der Waals surface area contributed by atoms with Crippen molar-refractivity contribution in [3.63, 3.8) is 0 Å². The summed E-state index contributed by atoms with van der Waals surface area (Å²) in [5.41, 5.74) is 0.750. The minimum atomic E-state index is -0.399. The van der Waals surface area contributed by atoms with Gasteiger partial charge in [-0.05, 0) is 49.4 Å². The zero-order valence-electron chi connectivity index (χ0n) is 13.7. The molecule has 3 rings (SSSR count). The van der Waals surface area contributed by atoms with Crippen LogP contribution in [0.5, 0.6) is 5.75 Å². The van der Waals surface area contributed by atoms with E-state index in [1.165, 1.54) is 32.1 Å². The van der Waals surface area contributed by atoms with Gasteiger partial charge in [-0.2, -0.15) is 0 Å². The zero-order valence-corrected chi connectivity index (χ0v) is 13.7. The van der Waals surface area contributed by atoms with E-state index >= 15 is 0 Å². The smallest absolute Gasteiger partial charge is 0.322 e. The van der Waals surface area contributed by atoms with Crippen LogP contribution in [0.1, 0.15) is 38.5 Å². The second-order valence-corrected chi connectivity index (χ2v) is 6.67. The lowest BCUT2D eigenvalue weighted by Crippen LogP contribution is -2.43. The Morgan fingerprint density at radius 2 is 1.91 bits per heavy atom. The Labute approximate surface area is 137 Å². The van der Waals surface area contributed by atoms with E-state index in [2.05, 4.69) is 5.32 Å². The van der Waals surface area contributed by atoms with E-state index in [0.717, 1.165) is 11.4 Å². The molecule has 1 heterocycles. The molecule has 0 radical (unpaired) electrons. The van der Waals surface area contributed by atoms with Crippen LogP contribution in [0.2, 0.25) is 0 Å². The molecule has 0 bridgehead atoms. The molecule has 1 aliphatic carbocycles. The highest BCUT2D eigenvalue weighted by Crippen LogP contribution is 2.34. The molecular formula is C18H26N2O3. The van der Waals surface area contributed by atoms with Gasteiger partial charge in [0.2, 0.25) is 0 Å². The Bertz CT molecular complexity index is 526. The number of rotatable bonds is 3. The average Bonchev–Trinajstić information content (AvgIpc) is 2.98. The van der Waals surface area contributed by atoms with E-state index < -0.39 is 6.10 Å². The lowest BCUT2D eigenvalue weighted by Gasteiger charge is -2.33. The number of β-amino-alcohol motifs (C(OH)–C–C–N with tert-alkyl or cyclic N) is 1. The quantitative estimate of drug-likeness (QED) is 0.899. The molecule has 5 nitrogen and oxygen atoms in total. The Hall–Kier alpha value is -1.75. The fourth-order valence-corrected chi connectivity index (χ4v) is 3.91. The van der Waals surface area contributed by atoms with Crippen molar-refractivity contribution in [3.05, 3.63) is 24.3 Å². The molecular weight excluding hydrogens is 292 g/mol. The third kappa shape index (κ3) is 3.78. The predicted octanol–water partition coefficient (Wildman–Crippen LogP) is 3.24. The number of nitrogens with zero attached hydrogens (tertiary/aromatic N) is 1. The van der Waals surface area contributed by atoms with Crippen molar-refractivity contribution in [2.24, 2.45) is 5.92 Å². The van der Waals surface area contributed by atoms with Crippen molar-refractivity contribution in [1.29, 1.82) is 0 Å². The molecule has 1 aromatic rings. The molecule has 126 valence electrons. The summed E-state index contributed by atoms with van der Waals surface area (Å²) >= 11 is 0. The van der Waals surface area contributed by atoms with Gasteiger partial charge >= 0.3 is 6.03 Å². The van der Waals surface area contributed by atoms with Gasteiger partial charge < -0.3 is 20.1 Å². The first-order valence-electron chi connectivity index (χ1n) is 8.57. The number of hydrogen-bond acceptors (Lipinski definition) is 3. The van der Waals surface area contributed by atoms with Crippen LogP contribution in [0.3, 0.4) is 0 Å². The topological polar surface area (TPSA) is 61.8 Å². The molecule has 2 aliphatic rings. The van der Waals surface area contributed by atoms with Crippen LogP contribution in [-0.2, 0) is 0 Å². The minimum Gasteiger partial charge on any atom is -0.497 e. The van der Waals surface area contributed by atoms with Crippen molar-refractivity contribution in [2.75, 3.05) is 19.0 Å². The van der Waals surface area contributed by atoms with Crippen LogP contribution >= 0.6 is 0 Å². The fourth-order valence-electron chi connectivity index (χ4n) is 3.91. The van der Waals surface area contributed by atoms with Crippen LogP contribution < -0.4 is 10.1 Å². The maximum absolute atomic E-state index is 12.6. The van der Waals surface area contributed by atoms with E-state index in [0.29, 0.717) is 18.9 Å². The van der Waals surface area contributed by atoms with Gasteiger partial charge in [0.25, 0.3) is 0 Å². The summed E-state index contributed by atoms with van der Waals surface area (Å²) in [6, 6.07) is 7.38. The number of methoxy groups -OCH3 is 1. The third-order valence-corrected chi connectivity index (χ3v) is 5.12. The zero-order chi connectivity index (χ0) is 16.2. The first-order chi connectivity index (χ1) is 11.2. The highest BCUT2D eigenvalue weighted by Gasteiger charge is 2.39. The largest absolute Gasteiger partial charge is 0.497 e. The first kappa shape index (κ1) is 16.1. The Kier molecular flexibility index (Phi) is 5.06. The summed E-state index contributed by atoms with van der Waals surface area (Å²) in [5.74, 6) is 1.29. The summed E-state index contributed by atoms with van der Waals surface area (Å²) in [7, 11) is 1.62. The first-order valence-corrected chi connectivity index (χ1v) is 8.57. The average molecular weight is 318 g/mol. The summed E-state index contributed by atoms with van der Waals surface area (Å²) in [6.45, 7) is 0.434. The number of hydrogen-bond donors (Lipinski definition) is 2. The van der Waals surface area contributed by atoms with E-state index in [1.807, 2.05) is 29.2 Å². The molecule has 0 unspecified atom stereocenters. The number of nitrogens with one attached hydrogen (secondary N) is 1. The van der Waals surface area contributed by atoms with Crippen molar-refractivity contribution in [2.45, 2.75) is 50.7 Å². The van der Waals surface area contributed by atoms with Crippen LogP contribution in [0, 0.1) is 5.92 Å². The van der Waals surface area contributed by atoms with Crippen LogP contribution in [-0.4, -0.2) is 41.8 Å². The molecule has 1 saturated carbocycles. The molecule has 2 amide bonds. The van der Waals surface area contributed by atoms with Gasteiger partial charge in [0.15, 0.2) is 0 Å². The SMILES string of the molecule is COc1ccc(NC(=O)N2C[C@@H](O)C[C@H]2C2CCCCC2)cc1. The van der Waals surface area contributed by atoms with Crippen molar-refractivity contribution in [1.82, 2.24) is 4.90 Å². The summed E-state index contributed by atoms with van der Waals surface area (Å²) in [5, 5.41) is 13.0. The minimum absolute atomic E-state index is 0.109. The molecule has 23 heavy (non-hydrogen) atoms. The summed E-state index contributed by atoms with van der Waals surface area (Å²) in [4.78, 5) is 14.5. The summed E-state index contributed by atoms with van der Waals surface area (Å²) < 4.78 is 5.13. The van der Waals surface area contributed by atoms with Gasteiger partial charge in [0.1, 0.15) is 5.75 Å². The molecule has 2 fully saturated rings. The Balaban J connectivity index is 1.66. The Morgan fingerprint density at radius 3 is 2.57 bits per heavy atom. The van der Waals surface area contributed by atoms with Gasteiger partial charge in [0, 0.05) is 18.3 Å². The number of carbonyl (C=O) groups excluding carboxylic acids is 1. The van der Waals surface area contributed by atoms with Crippen molar-refractivity contribution in [3.8, 4) is 5.75 Å². The second kappa shape index (κ2) is 7.21. The highest BCUT2D eigenvalue weighted by molar-refractivity contribution is 5.89. The normalized spacial score (nSPS) is 25.4. The maximum atomic E-state index is 12.6. The van der Waals surface area contributed by atoms with Crippen LogP contribution in [0.15, 0.2) is 24.3 Å². The second-order valence-electron chi connectivity index (χ2n) is 6.67. The number of carbonyl (C=O) groups is 1. The van der Waals surface area contributed by atoms with E-state index in [-0.39, 0.29) is 12.1 Å². The van der Waals surface area contributed by atoms with Crippen LogP contribution in [0.25, 0.3) is 0 Å². The molecule has 0 aromatic heterocycles.